The maximum atomic E-state index is 13.0. The molecule has 1 aliphatic carbocycles. The summed E-state index contributed by atoms with van der Waals surface area (Å²) in [5.74, 6) is -5.70. The number of fused-ring (bicyclic) bond motifs is 1. The summed E-state index contributed by atoms with van der Waals surface area (Å²) in [6.07, 6.45) is -6.70. The number of carbonyl (C=O) groups is 6. The molecule has 0 amide bonds. The highest BCUT2D eigenvalue weighted by atomic mass is 16.7. The number of allylic oxidation sites excluding steroid dienone is 2. The van der Waals surface area contributed by atoms with Gasteiger partial charge in [-0.25, -0.2) is 0 Å². The molecular formula is C24H24O13. The Bertz CT molecular complexity index is 1170. The van der Waals surface area contributed by atoms with E-state index in [1.54, 1.807) is 0 Å². The number of ether oxygens (including phenoxy) is 6. The van der Waals surface area contributed by atoms with Crippen molar-refractivity contribution in [1.29, 1.82) is 0 Å². The lowest BCUT2D eigenvalue weighted by atomic mass is 9.92. The van der Waals surface area contributed by atoms with E-state index < -0.39 is 84.3 Å². The lowest BCUT2D eigenvalue weighted by molar-refractivity contribution is -0.298. The average Bonchev–Trinajstić information content (AvgIpc) is 2.78. The van der Waals surface area contributed by atoms with E-state index in [-0.39, 0.29) is 11.1 Å². The standard InChI is InChI=1S/C24H24O13/c1-10(25)32-9-18-21(33-11(2)26)22(34-12(3)27)23(35-13(4)28)24(37-18)36-17-8-16(30)19-14(20(17)31)6-5-7-15(19)29/h5-8,18,21-24,29H,9H2,1-4H3/t18-,21+,22+,23+,24-/m1/s1. The third kappa shape index (κ3) is 6.30. The average molecular weight is 520 g/mol. The van der Waals surface area contributed by atoms with Gasteiger partial charge in [0.15, 0.2) is 23.8 Å². The van der Waals surface area contributed by atoms with Crippen LogP contribution in [-0.2, 0) is 47.6 Å². The molecule has 2 aliphatic rings. The zero-order chi connectivity index (χ0) is 27.4. The van der Waals surface area contributed by atoms with Gasteiger partial charge in [0.2, 0.25) is 18.2 Å². The molecule has 0 unspecified atom stereocenters. The number of carbonyl (C=O) groups excluding carboxylic acids is 6. The molecule has 198 valence electrons. The highest BCUT2D eigenvalue weighted by Crippen LogP contribution is 2.34. The van der Waals surface area contributed by atoms with Crippen LogP contribution in [0.3, 0.4) is 0 Å². The molecule has 1 aliphatic heterocycles. The number of hydrogen-bond acceptors (Lipinski definition) is 13. The van der Waals surface area contributed by atoms with Gasteiger partial charge in [-0.3, -0.25) is 28.8 Å². The van der Waals surface area contributed by atoms with Gasteiger partial charge in [-0.05, 0) is 12.1 Å². The highest BCUT2D eigenvalue weighted by Gasteiger charge is 2.54. The molecule has 13 nitrogen and oxygen atoms in total. The van der Waals surface area contributed by atoms with Crippen LogP contribution in [0.25, 0.3) is 0 Å². The largest absolute Gasteiger partial charge is 0.507 e. The molecule has 1 saturated heterocycles. The van der Waals surface area contributed by atoms with Crippen LogP contribution in [0.2, 0.25) is 0 Å². The number of phenolic OH excluding ortho intramolecular Hbond substituents is 1. The van der Waals surface area contributed by atoms with E-state index >= 15 is 0 Å². The van der Waals surface area contributed by atoms with Crippen molar-refractivity contribution in [2.45, 2.75) is 58.4 Å². The summed E-state index contributed by atoms with van der Waals surface area (Å²) in [6.45, 7) is 3.78. The molecule has 0 radical (unpaired) electrons. The van der Waals surface area contributed by atoms with E-state index in [0.717, 1.165) is 33.8 Å². The molecular weight excluding hydrogens is 496 g/mol. The van der Waals surface area contributed by atoms with E-state index in [1.165, 1.54) is 18.2 Å². The van der Waals surface area contributed by atoms with Gasteiger partial charge in [0.25, 0.3) is 0 Å². The summed E-state index contributed by atoms with van der Waals surface area (Å²) in [4.78, 5) is 72.7. The quantitative estimate of drug-likeness (QED) is 0.394. The van der Waals surface area contributed by atoms with E-state index in [9.17, 15) is 33.9 Å². The van der Waals surface area contributed by atoms with Gasteiger partial charge < -0.3 is 33.5 Å². The first-order valence-electron chi connectivity index (χ1n) is 11.0. The summed E-state index contributed by atoms with van der Waals surface area (Å²) in [7, 11) is 0. The molecule has 3 rings (SSSR count). The maximum Gasteiger partial charge on any atom is 0.303 e. The summed E-state index contributed by atoms with van der Waals surface area (Å²) in [5.41, 5.74) is -0.366. The second-order valence-electron chi connectivity index (χ2n) is 8.09. The van der Waals surface area contributed by atoms with Crippen LogP contribution in [0, 0.1) is 0 Å². The Morgan fingerprint density at radius 1 is 0.865 bits per heavy atom. The van der Waals surface area contributed by atoms with Crippen molar-refractivity contribution in [3.8, 4) is 5.75 Å². The summed E-state index contributed by atoms with van der Waals surface area (Å²) in [6, 6.07) is 3.90. The molecule has 13 heteroatoms. The van der Waals surface area contributed by atoms with Crippen molar-refractivity contribution in [1.82, 2.24) is 0 Å². The Morgan fingerprint density at radius 2 is 1.46 bits per heavy atom. The minimum atomic E-state index is -1.69. The van der Waals surface area contributed by atoms with Crippen LogP contribution in [0.1, 0.15) is 48.4 Å². The van der Waals surface area contributed by atoms with Gasteiger partial charge in [-0.15, -0.1) is 0 Å². The molecule has 1 fully saturated rings. The number of hydrogen-bond donors (Lipinski definition) is 1. The smallest absolute Gasteiger partial charge is 0.303 e. The second-order valence-corrected chi connectivity index (χ2v) is 8.09. The molecule has 1 heterocycles. The van der Waals surface area contributed by atoms with E-state index in [1.807, 2.05) is 0 Å². The summed E-state index contributed by atoms with van der Waals surface area (Å²) in [5, 5.41) is 10.00. The molecule has 1 aromatic rings. The fraction of sp³-hybridized carbons (Fsp3) is 0.417. The monoisotopic (exact) mass is 520 g/mol. The van der Waals surface area contributed by atoms with Crippen LogP contribution in [0.4, 0.5) is 0 Å². The van der Waals surface area contributed by atoms with E-state index in [4.69, 9.17) is 28.4 Å². The lowest BCUT2D eigenvalue weighted by Crippen LogP contribution is -2.63. The van der Waals surface area contributed by atoms with E-state index in [2.05, 4.69) is 0 Å². The molecule has 0 bridgehead atoms. The van der Waals surface area contributed by atoms with Gasteiger partial charge in [-0.2, -0.15) is 0 Å². The SMILES string of the molecule is CC(=O)OC[C@H]1O[C@@H](OC2=CC(=O)c3c(O)cccc3C2=O)[C@@H](OC(C)=O)[C@@H](OC(C)=O)[C@H]1OC(C)=O. The van der Waals surface area contributed by atoms with Crippen LogP contribution >= 0.6 is 0 Å². The number of aromatic hydroxyl groups is 1. The summed E-state index contributed by atoms with van der Waals surface area (Å²) >= 11 is 0. The minimum absolute atomic E-state index is 0.145. The molecule has 0 spiro atoms. The van der Waals surface area contributed by atoms with Crippen molar-refractivity contribution >= 4 is 35.4 Å². The van der Waals surface area contributed by atoms with Gasteiger partial charge in [0.1, 0.15) is 18.5 Å². The molecule has 0 saturated carbocycles. The van der Waals surface area contributed by atoms with Gasteiger partial charge >= 0.3 is 23.9 Å². The molecule has 0 aromatic heterocycles. The molecule has 1 N–H and O–H groups in total. The maximum absolute atomic E-state index is 13.0. The number of phenols is 1. The van der Waals surface area contributed by atoms with Crippen LogP contribution in [-0.4, -0.2) is 77.9 Å². The second kappa shape index (κ2) is 11.2. The first-order chi connectivity index (χ1) is 17.4. The highest BCUT2D eigenvalue weighted by molar-refractivity contribution is 6.24. The number of Topliss-reactive ketones (excluding diaryl/α,β-unsaturated/α-hetero) is 1. The van der Waals surface area contributed by atoms with Gasteiger partial charge in [0, 0.05) is 39.3 Å². The predicted octanol–water partition coefficient (Wildman–Crippen LogP) is 0.755. The van der Waals surface area contributed by atoms with Crippen LogP contribution < -0.4 is 0 Å². The van der Waals surface area contributed by atoms with Crippen LogP contribution in [0.5, 0.6) is 5.75 Å². The van der Waals surface area contributed by atoms with Gasteiger partial charge in [0.05, 0.1) is 5.56 Å². The Labute approximate surface area is 210 Å². The molecule has 1 aromatic carbocycles. The minimum Gasteiger partial charge on any atom is -0.507 e. The number of esters is 4. The normalized spacial score (nSPS) is 24.8. The first kappa shape index (κ1) is 27.3. The fourth-order valence-corrected chi connectivity index (χ4v) is 3.87. The van der Waals surface area contributed by atoms with Crippen molar-refractivity contribution < 1.29 is 62.3 Å². The molecule has 5 atom stereocenters. The first-order valence-corrected chi connectivity index (χ1v) is 11.0. The van der Waals surface area contributed by atoms with Crippen molar-refractivity contribution in [3.05, 3.63) is 41.2 Å². The summed E-state index contributed by atoms with van der Waals surface area (Å²) < 4.78 is 32.2. The zero-order valence-corrected chi connectivity index (χ0v) is 20.2. The number of benzene rings is 1. The lowest BCUT2D eigenvalue weighted by Gasteiger charge is -2.44. The third-order valence-corrected chi connectivity index (χ3v) is 5.21. The zero-order valence-electron chi connectivity index (χ0n) is 20.2. The van der Waals surface area contributed by atoms with Crippen molar-refractivity contribution in [3.63, 3.8) is 0 Å². The topological polar surface area (TPSA) is 178 Å². The molecule has 37 heavy (non-hydrogen) atoms. The van der Waals surface area contributed by atoms with Gasteiger partial charge in [-0.1, -0.05) is 6.07 Å². The Balaban J connectivity index is 2.02. The third-order valence-electron chi connectivity index (χ3n) is 5.21. The number of rotatable bonds is 7. The number of ketones is 2. The van der Waals surface area contributed by atoms with Crippen molar-refractivity contribution in [2.24, 2.45) is 0 Å². The Morgan fingerprint density at radius 3 is 2.05 bits per heavy atom. The predicted molar refractivity (Wildman–Crippen MR) is 118 cm³/mol. The Kier molecular flexibility index (Phi) is 8.28. The van der Waals surface area contributed by atoms with Crippen LogP contribution in [0.15, 0.2) is 30.0 Å². The van der Waals surface area contributed by atoms with E-state index in [0.29, 0.717) is 0 Å². The Hall–Kier alpha value is -4.26. The fourth-order valence-electron chi connectivity index (χ4n) is 3.87. The van der Waals surface area contributed by atoms with Crippen molar-refractivity contribution in [2.75, 3.05) is 6.61 Å².